The molecule has 2 aromatic carbocycles. The van der Waals surface area contributed by atoms with Gasteiger partial charge in [0.1, 0.15) is 5.75 Å². The Morgan fingerprint density at radius 2 is 1.77 bits per heavy atom. The zero-order valence-electron chi connectivity index (χ0n) is 18.1. The molecule has 3 rings (SSSR count). The number of carbonyl (C=O) groups excluding carboxylic acids is 2. The number of hydrogen-bond acceptors (Lipinski definition) is 4. The minimum atomic E-state index is -0.712. The number of hydrogen-bond donors (Lipinski definition) is 1. The van der Waals surface area contributed by atoms with Gasteiger partial charge in [-0.3, -0.25) is 9.59 Å². The highest BCUT2D eigenvalue weighted by atomic mass is 16.5. The molecule has 1 heterocycles. The van der Waals surface area contributed by atoms with E-state index in [2.05, 4.69) is 19.2 Å². The summed E-state index contributed by atoms with van der Waals surface area (Å²) in [5.74, 6) is 0.588. The van der Waals surface area contributed by atoms with E-state index < -0.39 is 6.10 Å². The summed E-state index contributed by atoms with van der Waals surface area (Å²) in [6.07, 6.45) is -0.712. The summed E-state index contributed by atoms with van der Waals surface area (Å²) in [5.41, 5.74) is 3.09. The summed E-state index contributed by atoms with van der Waals surface area (Å²) in [7, 11) is 0. The molecule has 0 bridgehead atoms. The van der Waals surface area contributed by atoms with Crippen molar-refractivity contribution >= 4 is 17.5 Å². The van der Waals surface area contributed by atoms with Crippen LogP contribution in [0, 0.1) is 6.92 Å². The molecule has 160 valence electrons. The first-order valence-electron chi connectivity index (χ1n) is 10.4. The second-order valence-electron chi connectivity index (χ2n) is 7.90. The van der Waals surface area contributed by atoms with Crippen LogP contribution in [0.25, 0.3) is 0 Å². The number of para-hydroxylation sites is 1. The van der Waals surface area contributed by atoms with Crippen LogP contribution in [-0.2, 0) is 9.53 Å². The molecule has 1 aliphatic heterocycles. The molecule has 2 aromatic rings. The number of carbonyl (C=O) groups is 2. The Bertz CT molecular complexity index is 904. The Morgan fingerprint density at radius 3 is 2.47 bits per heavy atom. The second-order valence-corrected chi connectivity index (χ2v) is 7.90. The first-order valence-corrected chi connectivity index (χ1v) is 10.4. The first-order chi connectivity index (χ1) is 14.4. The number of amides is 2. The largest absolute Gasteiger partial charge is 0.481 e. The highest BCUT2D eigenvalue weighted by molar-refractivity contribution is 6.04. The van der Waals surface area contributed by atoms with Crippen LogP contribution < -0.4 is 10.1 Å². The number of benzene rings is 2. The van der Waals surface area contributed by atoms with Crippen LogP contribution in [0.2, 0.25) is 0 Å². The summed E-state index contributed by atoms with van der Waals surface area (Å²) < 4.78 is 11.3. The summed E-state index contributed by atoms with van der Waals surface area (Å²) >= 11 is 0. The zero-order chi connectivity index (χ0) is 21.7. The lowest BCUT2D eigenvalue weighted by Gasteiger charge is -2.27. The summed E-state index contributed by atoms with van der Waals surface area (Å²) in [6.45, 7) is 10.0. The number of nitrogens with zero attached hydrogens (tertiary/aromatic N) is 1. The van der Waals surface area contributed by atoms with Gasteiger partial charge in [-0.1, -0.05) is 38.1 Å². The quantitative estimate of drug-likeness (QED) is 0.782. The fourth-order valence-electron chi connectivity index (χ4n) is 3.41. The Hall–Kier alpha value is -2.86. The lowest BCUT2D eigenvalue weighted by Crippen LogP contribution is -2.41. The van der Waals surface area contributed by atoms with Gasteiger partial charge >= 0.3 is 0 Å². The zero-order valence-corrected chi connectivity index (χ0v) is 18.1. The molecule has 6 nitrogen and oxygen atoms in total. The summed E-state index contributed by atoms with van der Waals surface area (Å²) in [6, 6.07) is 13.1. The molecule has 1 aliphatic rings. The van der Waals surface area contributed by atoms with E-state index >= 15 is 0 Å². The topological polar surface area (TPSA) is 67.9 Å². The van der Waals surface area contributed by atoms with Gasteiger partial charge in [0.2, 0.25) is 0 Å². The van der Waals surface area contributed by atoms with Crippen molar-refractivity contribution in [3.63, 3.8) is 0 Å². The lowest BCUT2D eigenvalue weighted by molar-refractivity contribution is -0.122. The van der Waals surface area contributed by atoms with Crippen molar-refractivity contribution in [3.05, 3.63) is 59.2 Å². The number of rotatable bonds is 6. The van der Waals surface area contributed by atoms with Crippen LogP contribution in [0.4, 0.5) is 5.69 Å². The van der Waals surface area contributed by atoms with Crippen LogP contribution in [0.15, 0.2) is 42.5 Å². The molecule has 1 N–H and O–H groups in total. The molecule has 0 radical (unpaired) electrons. The van der Waals surface area contributed by atoms with Crippen molar-refractivity contribution in [1.29, 1.82) is 0 Å². The lowest BCUT2D eigenvalue weighted by atomic mass is 10.0. The van der Waals surface area contributed by atoms with E-state index in [0.29, 0.717) is 43.3 Å². The maximum Gasteiger partial charge on any atom is 0.265 e. The average Bonchev–Trinajstić information content (AvgIpc) is 2.74. The molecule has 1 atom stereocenters. The number of aryl methyl sites for hydroxylation is 1. The molecule has 1 saturated heterocycles. The van der Waals surface area contributed by atoms with E-state index in [1.165, 1.54) is 0 Å². The maximum atomic E-state index is 12.9. The van der Waals surface area contributed by atoms with Crippen molar-refractivity contribution in [2.45, 2.75) is 39.7 Å². The van der Waals surface area contributed by atoms with Gasteiger partial charge in [0.15, 0.2) is 6.10 Å². The Morgan fingerprint density at radius 1 is 1.07 bits per heavy atom. The van der Waals surface area contributed by atoms with Crippen LogP contribution in [-0.4, -0.2) is 49.1 Å². The first kappa shape index (κ1) is 21.8. The normalized spacial score (nSPS) is 15.0. The van der Waals surface area contributed by atoms with E-state index in [-0.39, 0.29) is 17.7 Å². The maximum absolute atomic E-state index is 12.9. The highest BCUT2D eigenvalue weighted by Crippen LogP contribution is 2.28. The molecule has 0 aromatic heterocycles. The minimum Gasteiger partial charge on any atom is -0.481 e. The molecule has 0 aliphatic carbocycles. The van der Waals surface area contributed by atoms with E-state index in [0.717, 1.165) is 11.1 Å². The SMILES string of the molecule is Cc1ccc(C(C)C)c(O[C@@H](C)C(=O)Nc2ccccc2C(=O)N2CCOCC2)c1. The monoisotopic (exact) mass is 410 g/mol. The molecule has 2 amide bonds. The smallest absolute Gasteiger partial charge is 0.265 e. The van der Waals surface area contributed by atoms with Crippen molar-refractivity contribution < 1.29 is 19.1 Å². The van der Waals surface area contributed by atoms with Crippen LogP contribution >= 0.6 is 0 Å². The van der Waals surface area contributed by atoms with Crippen molar-refractivity contribution in [2.75, 3.05) is 31.6 Å². The summed E-state index contributed by atoms with van der Waals surface area (Å²) in [4.78, 5) is 27.5. The number of nitrogens with one attached hydrogen (secondary N) is 1. The van der Waals surface area contributed by atoms with Crippen molar-refractivity contribution in [1.82, 2.24) is 4.90 Å². The fraction of sp³-hybridized carbons (Fsp3) is 0.417. The van der Waals surface area contributed by atoms with Crippen LogP contribution in [0.3, 0.4) is 0 Å². The Labute approximate surface area is 178 Å². The molecule has 0 spiro atoms. The van der Waals surface area contributed by atoms with Crippen LogP contribution in [0.5, 0.6) is 5.75 Å². The van der Waals surface area contributed by atoms with E-state index in [4.69, 9.17) is 9.47 Å². The predicted molar refractivity (Wildman–Crippen MR) is 117 cm³/mol. The third kappa shape index (κ3) is 5.19. The highest BCUT2D eigenvalue weighted by Gasteiger charge is 2.23. The van der Waals surface area contributed by atoms with Crippen molar-refractivity contribution in [3.8, 4) is 5.75 Å². The van der Waals surface area contributed by atoms with Gasteiger partial charge in [-0.15, -0.1) is 0 Å². The van der Waals surface area contributed by atoms with Gasteiger partial charge in [-0.05, 0) is 49.1 Å². The second kappa shape index (κ2) is 9.76. The van der Waals surface area contributed by atoms with Gasteiger partial charge in [0, 0.05) is 13.1 Å². The molecule has 0 unspecified atom stereocenters. The number of ether oxygens (including phenoxy) is 2. The molecule has 1 fully saturated rings. The van der Waals surface area contributed by atoms with Gasteiger partial charge < -0.3 is 19.7 Å². The fourth-order valence-corrected chi connectivity index (χ4v) is 3.41. The average molecular weight is 411 g/mol. The van der Waals surface area contributed by atoms with Crippen LogP contribution in [0.1, 0.15) is 48.2 Å². The van der Waals surface area contributed by atoms with Gasteiger partial charge in [0.25, 0.3) is 11.8 Å². The Balaban J connectivity index is 1.73. The molecule has 0 saturated carbocycles. The van der Waals surface area contributed by atoms with E-state index in [9.17, 15) is 9.59 Å². The van der Waals surface area contributed by atoms with Gasteiger partial charge in [-0.25, -0.2) is 0 Å². The minimum absolute atomic E-state index is 0.108. The molecule has 30 heavy (non-hydrogen) atoms. The van der Waals surface area contributed by atoms with Gasteiger partial charge in [-0.2, -0.15) is 0 Å². The Kier molecular flexibility index (Phi) is 7.11. The third-order valence-corrected chi connectivity index (χ3v) is 5.18. The summed E-state index contributed by atoms with van der Waals surface area (Å²) in [5, 5.41) is 2.87. The molecule has 6 heteroatoms. The van der Waals surface area contributed by atoms with E-state index in [1.807, 2.05) is 25.1 Å². The number of anilines is 1. The predicted octanol–water partition coefficient (Wildman–Crippen LogP) is 4.00. The number of morpholine rings is 1. The molecular weight excluding hydrogens is 380 g/mol. The standard InChI is InChI=1S/C24H30N2O4/c1-16(2)19-10-9-17(3)15-22(19)30-18(4)23(27)25-21-8-6-5-7-20(21)24(28)26-11-13-29-14-12-26/h5-10,15-16,18H,11-14H2,1-4H3,(H,25,27)/t18-/m0/s1. The third-order valence-electron chi connectivity index (χ3n) is 5.18. The van der Waals surface area contributed by atoms with Gasteiger partial charge in [0.05, 0.1) is 24.5 Å². The van der Waals surface area contributed by atoms with Crippen molar-refractivity contribution in [2.24, 2.45) is 0 Å². The van der Waals surface area contributed by atoms with E-state index in [1.54, 1.807) is 36.1 Å². The molecular formula is C24H30N2O4.